The van der Waals surface area contributed by atoms with Crippen LogP contribution in [0.5, 0.6) is 11.5 Å². The molecule has 0 aliphatic carbocycles. The third-order valence-corrected chi connectivity index (χ3v) is 7.40. The second kappa shape index (κ2) is 11.2. The zero-order valence-electron chi connectivity index (χ0n) is 20.0. The number of allylic oxidation sites excluding steroid dienone is 1. The first-order valence-electron chi connectivity index (χ1n) is 11.2. The van der Waals surface area contributed by atoms with Crippen LogP contribution in [0.1, 0.15) is 17.0 Å². The zero-order chi connectivity index (χ0) is 26.8. The number of hydrogen-bond donors (Lipinski definition) is 1. The highest BCUT2D eigenvalue weighted by Crippen LogP contribution is 2.38. The van der Waals surface area contributed by atoms with E-state index in [9.17, 15) is 4.39 Å². The summed E-state index contributed by atoms with van der Waals surface area (Å²) in [5, 5.41) is 18.1. The van der Waals surface area contributed by atoms with Gasteiger partial charge in [0.05, 0.1) is 30.8 Å². The molecule has 2 heterocycles. The molecule has 0 fully saturated rings. The van der Waals surface area contributed by atoms with Gasteiger partial charge < -0.3 is 14.8 Å². The average molecular weight is 591 g/mol. The van der Waals surface area contributed by atoms with Gasteiger partial charge in [-0.15, -0.1) is 10.2 Å². The molecule has 1 aromatic heterocycles. The summed E-state index contributed by atoms with van der Waals surface area (Å²) in [6.45, 7) is 0.337. The Morgan fingerprint density at radius 2 is 1.71 bits per heavy atom. The normalized spacial score (nSPS) is 13.7. The number of fused-ring (bicyclic) bond motifs is 1. The topological polar surface area (TPSA) is 73.6 Å². The van der Waals surface area contributed by atoms with E-state index >= 15 is 0 Å². The van der Waals surface area contributed by atoms with E-state index in [-0.39, 0.29) is 10.0 Å². The fourth-order valence-electron chi connectivity index (χ4n) is 3.70. The summed E-state index contributed by atoms with van der Waals surface area (Å²) in [6.07, 6.45) is 1.89. The number of thioether (sulfide) groups is 1. The summed E-state index contributed by atoms with van der Waals surface area (Å²) < 4.78 is 26.9. The van der Waals surface area contributed by atoms with E-state index < -0.39 is 5.82 Å². The van der Waals surface area contributed by atoms with Crippen molar-refractivity contribution in [1.82, 2.24) is 14.9 Å². The van der Waals surface area contributed by atoms with Crippen LogP contribution in [0.15, 0.2) is 69.8 Å². The van der Waals surface area contributed by atoms with E-state index in [1.807, 2.05) is 30.3 Å². The van der Waals surface area contributed by atoms with Crippen LogP contribution in [-0.2, 0) is 6.54 Å². The summed E-state index contributed by atoms with van der Waals surface area (Å²) in [5.74, 6) is 1.11. The molecule has 1 aliphatic heterocycles. The number of ether oxygens (including phenoxy) is 2. The molecular weight excluding hydrogens is 572 g/mol. The second-order valence-electron chi connectivity index (χ2n) is 7.99. The first kappa shape index (κ1) is 26.4. The highest BCUT2D eigenvalue weighted by Gasteiger charge is 2.26. The van der Waals surface area contributed by atoms with Gasteiger partial charge in [0, 0.05) is 21.2 Å². The number of halogens is 4. The first-order chi connectivity index (χ1) is 18.4. The summed E-state index contributed by atoms with van der Waals surface area (Å²) in [7, 11) is 3.14. The van der Waals surface area contributed by atoms with Crippen LogP contribution in [0.3, 0.4) is 0 Å². The Morgan fingerprint density at radius 1 is 0.947 bits per heavy atom. The largest absolute Gasteiger partial charge is 0.493 e. The van der Waals surface area contributed by atoms with Gasteiger partial charge in [0.25, 0.3) is 0 Å². The van der Waals surface area contributed by atoms with Crippen LogP contribution in [0.2, 0.25) is 15.1 Å². The average Bonchev–Trinajstić information content (AvgIpc) is 3.31. The molecule has 5 rings (SSSR count). The minimum Gasteiger partial charge on any atom is -0.493 e. The van der Waals surface area contributed by atoms with E-state index in [1.54, 1.807) is 37.1 Å². The third-order valence-electron chi connectivity index (χ3n) is 5.58. The van der Waals surface area contributed by atoms with Gasteiger partial charge in [-0.1, -0.05) is 40.9 Å². The maximum absolute atomic E-state index is 14.5. The van der Waals surface area contributed by atoms with Gasteiger partial charge >= 0.3 is 0 Å². The number of methoxy groups -OCH3 is 2. The van der Waals surface area contributed by atoms with Crippen molar-refractivity contribution in [1.29, 1.82) is 0 Å². The lowest BCUT2D eigenvalue weighted by molar-refractivity contribution is 0.355. The van der Waals surface area contributed by atoms with E-state index in [0.717, 1.165) is 11.3 Å². The van der Waals surface area contributed by atoms with Gasteiger partial charge in [-0.25, -0.2) is 4.39 Å². The zero-order valence-corrected chi connectivity index (χ0v) is 23.1. The molecule has 12 heteroatoms. The maximum Gasteiger partial charge on any atom is 0.217 e. The minimum atomic E-state index is -0.608. The van der Waals surface area contributed by atoms with Crippen molar-refractivity contribution in [3.05, 3.63) is 97.3 Å². The number of rotatable bonds is 7. The molecule has 4 aromatic rings. The van der Waals surface area contributed by atoms with Crippen LogP contribution in [0, 0.1) is 5.82 Å². The molecule has 0 unspecified atom stereocenters. The third kappa shape index (κ3) is 5.47. The van der Waals surface area contributed by atoms with Gasteiger partial charge in [0.15, 0.2) is 17.3 Å². The quantitative estimate of drug-likeness (QED) is 0.226. The molecule has 0 bridgehead atoms. The standard InChI is InChI=1S/C26H19Cl3FN5O2S/c1-36-21-8-3-14(9-22(21)37-2)10-23-25(17-11-20(30)19(29)12-18(17)28)34-35-24(32-33-26(35)38-23)13-31-16-6-4-15(27)5-7-16/h3-12,31H,13H2,1-2H3/b23-10-. The van der Waals surface area contributed by atoms with E-state index in [4.69, 9.17) is 49.4 Å². The van der Waals surface area contributed by atoms with E-state index in [0.29, 0.717) is 50.2 Å². The lowest BCUT2D eigenvalue weighted by atomic mass is 10.1. The SMILES string of the molecule is COc1ccc(/C=C2\Sc3nnc(CNc4ccc(Cl)cc4)n3N=C2c2cc(F)c(Cl)cc2Cl)cc1OC. The van der Waals surface area contributed by atoms with Crippen molar-refractivity contribution in [3.63, 3.8) is 0 Å². The molecule has 38 heavy (non-hydrogen) atoms. The Bertz CT molecular complexity index is 1570. The van der Waals surface area contributed by atoms with Gasteiger partial charge in [-0.3, -0.25) is 0 Å². The molecule has 0 saturated heterocycles. The molecule has 0 saturated carbocycles. The smallest absolute Gasteiger partial charge is 0.217 e. The highest BCUT2D eigenvalue weighted by molar-refractivity contribution is 8.04. The van der Waals surface area contributed by atoms with Crippen molar-refractivity contribution >= 4 is 64.0 Å². The Labute approximate surface area is 237 Å². The van der Waals surface area contributed by atoms with Crippen LogP contribution in [0.25, 0.3) is 6.08 Å². The number of anilines is 1. The monoisotopic (exact) mass is 589 g/mol. The molecule has 194 valence electrons. The number of benzene rings is 3. The lowest BCUT2D eigenvalue weighted by Gasteiger charge is -2.19. The van der Waals surface area contributed by atoms with E-state index in [1.165, 1.54) is 23.9 Å². The van der Waals surface area contributed by atoms with Crippen LogP contribution in [-0.4, -0.2) is 34.8 Å². The summed E-state index contributed by atoms with van der Waals surface area (Å²) in [4.78, 5) is 0.679. The number of hydrogen-bond acceptors (Lipinski definition) is 7. The van der Waals surface area contributed by atoms with Crippen molar-refractivity contribution in [2.75, 3.05) is 19.5 Å². The van der Waals surface area contributed by atoms with Crippen molar-refractivity contribution in [2.45, 2.75) is 11.7 Å². The maximum atomic E-state index is 14.5. The van der Waals surface area contributed by atoms with Gasteiger partial charge in [0.1, 0.15) is 11.5 Å². The summed E-state index contributed by atoms with van der Waals surface area (Å²) in [6, 6.07) is 15.4. The number of nitrogens with zero attached hydrogens (tertiary/aromatic N) is 4. The molecule has 0 atom stereocenters. The molecule has 3 aromatic carbocycles. The predicted octanol–water partition coefficient (Wildman–Crippen LogP) is 7.41. The predicted molar refractivity (Wildman–Crippen MR) is 151 cm³/mol. The lowest BCUT2D eigenvalue weighted by Crippen LogP contribution is -2.15. The minimum absolute atomic E-state index is 0.0777. The molecule has 1 N–H and O–H groups in total. The highest BCUT2D eigenvalue weighted by atomic mass is 35.5. The number of nitrogens with one attached hydrogen (secondary N) is 1. The van der Waals surface area contributed by atoms with Crippen molar-refractivity contribution in [3.8, 4) is 11.5 Å². The summed E-state index contributed by atoms with van der Waals surface area (Å²) >= 11 is 19.8. The van der Waals surface area contributed by atoms with Gasteiger partial charge in [-0.2, -0.15) is 9.78 Å². The molecule has 0 radical (unpaired) electrons. The fourth-order valence-corrected chi connectivity index (χ4v) is 5.25. The van der Waals surface area contributed by atoms with Gasteiger partial charge in [0.2, 0.25) is 5.16 Å². The van der Waals surface area contributed by atoms with Crippen molar-refractivity contribution in [2.24, 2.45) is 5.10 Å². The number of aromatic nitrogens is 3. The Kier molecular flexibility index (Phi) is 7.80. The fraction of sp³-hybridized carbons (Fsp3) is 0.115. The Morgan fingerprint density at radius 3 is 2.45 bits per heavy atom. The summed E-state index contributed by atoms with van der Waals surface area (Å²) in [5.41, 5.74) is 2.48. The molecular formula is C26H19Cl3FN5O2S. The second-order valence-corrected chi connectivity index (χ2v) is 10.3. The van der Waals surface area contributed by atoms with Gasteiger partial charge in [-0.05, 0) is 71.9 Å². The molecule has 0 amide bonds. The van der Waals surface area contributed by atoms with Crippen LogP contribution < -0.4 is 14.8 Å². The van der Waals surface area contributed by atoms with Crippen molar-refractivity contribution < 1.29 is 13.9 Å². The van der Waals surface area contributed by atoms with E-state index in [2.05, 4.69) is 15.5 Å². The molecule has 7 nitrogen and oxygen atoms in total. The van der Waals surface area contributed by atoms with Crippen LogP contribution in [0.4, 0.5) is 10.1 Å². The Hall–Kier alpha value is -3.24. The first-order valence-corrected chi connectivity index (χ1v) is 13.1. The molecule has 1 aliphatic rings. The van der Waals surface area contributed by atoms with Crippen LogP contribution >= 0.6 is 46.6 Å². The molecule has 0 spiro atoms. The Balaban J connectivity index is 1.57.